The summed E-state index contributed by atoms with van der Waals surface area (Å²) in [5.74, 6) is 0. The van der Waals surface area contributed by atoms with Gasteiger partial charge in [-0.25, -0.2) is 0 Å². The molecule has 1 atom stereocenters. The molecule has 0 amide bonds. The van der Waals surface area contributed by atoms with Crippen molar-refractivity contribution in [3.63, 3.8) is 0 Å². The second-order valence-electron chi connectivity index (χ2n) is 4.92. The van der Waals surface area contributed by atoms with Gasteiger partial charge in [0.1, 0.15) is 0 Å². The lowest BCUT2D eigenvalue weighted by molar-refractivity contribution is 0.168. The first-order valence-corrected chi connectivity index (χ1v) is 7.19. The molecule has 18 heavy (non-hydrogen) atoms. The molecule has 0 saturated heterocycles. The predicted molar refractivity (Wildman–Crippen MR) is 73.0 cm³/mol. The van der Waals surface area contributed by atoms with E-state index >= 15 is 0 Å². The van der Waals surface area contributed by atoms with Gasteiger partial charge in [-0.15, -0.1) is 0 Å². The van der Waals surface area contributed by atoms with Crippen molar-refractivity contribution in [2.75, 3.05) is 6.54 Å². The largest absolute Gasteiger partial charge is 0.391 e. The Bertz CT molecular complexity index is 401. The minimum absolute atomic E-state index is 0.394. The normalized spacial score (nSPS) is 17.1. The van der Waals surface area contributed by atoms with E-state index in [1.165, 1.54) is 12.8 Å². The van der Waals surface area contributed by atoms with E-state index in [0.29, 0.717) is 19.0 Å². The monoisotopic (exact) mass is 271 g/mol. The average Bonchev–Trinajstić information content (AvgIpc) is 3.14. The van der Waals surface area contributed by atoms with Crippen LogP contribution in [0.1, 0.15) is 38.1 Å². The third-order valence-corrected chi connectivity index (χ3v) is 3.78. The molecule has 5 heteroatoms. The van der Waals surface area contributed by atoms with Crippen LogP contribution in [0.2, 0.25) is 5.02 Å². The standard InChI is InChI=1S/C13H22ClN3O/c1-3-11-13(14)12(17(4-2)16-11)7-10(18)8-15-9-5-6-9/h9-10,15,18H,3-8H2,1-2H3. The van der Waals surface area contributed by atoms with Gasteiger partial charge in [0, 0.05) is 25.6 Å². The summed E-state index contributed by atoms with van der Waals surface area (Å²) in [5, 5.41) is 18.6. The third-order valence-electron chi connectivity index (χ3n) is 3.34. The minimum Gasteiger partial charge on any atom is -0.391 e. The van der Waals surface area contributed by atoms with Gasteiger partial charge < -0.3 is 10.4 Å². The summed E-state index contributed by atoms with van der Waals surface area (Å²) >= 11 is 6.31. The molecule has 0 spiro atoms. The zero-order valence-corrected chi connectivity index (χ0v) is 11.9. The van der Waals surface area contributed by atoms with Gasteiger partial charge in [0.25, 0.3) is 0 Å². The van der Waals surface area contributed by atoms with Crippen LogP contribution in [0.5, 0.6) is 0 Å². The maximum absolute atomic E-state index is 10.0. The van der Waals surface area contributed by atoms with Crippen LogP contribution in [-0.2, 0) is 19.4 Å². The van der Waals surface area contributed by atoms with Crippen LogP contribution in [0.4, 0.5) is 0 Å². The Morgan fingerprint density at radius 1 is 1.50 bits per heavy atom. The Hall–Kier alpha value is -0.580. The van der Waals surface area contributed by atoms with Crippen molar-refractivity contribution in [3.8, 4) is 0 Å². The highest BCUT2D eigenvalue weighted by molar-refractivity contribution is 6.31. The fourth-order valence-corrected chi connectivity index (χ4v) is 2.44. The van der Waals surface area contributed by atoms with Gasteiger partial charge in [-0.05, 0) is 26.2 Å². The summed E-state index contributed by atoms with van der Waals surface area (Å²) in [5.41, 5.74) is 1.89. The Labute approximate surface area is 113 Å². The predicted octanol–water partition coefficient (Wildman–Crippen LogP) is 1.77. The van der Waals surface area contributed by atoms with Crippen LogP contribution in [0.15, 0.2) is 0 Å². The number of nitrogens with one attached hydrogen (secondary N) is 1. The molecule has 1 fully saturated rings. The van der Waals surface area contributed by atoms with Crippen LogP contribution in [0.25, 0.3) is 0 Å². The van der Waals surface area contributed by atoms with E-state index in [-0.39, 0.29) is 0 Å². The number of aryl methyl sites for hydroxylation is 2. The second kappa shape index (κ2) is 6.04. The van der Waals surface area contributed by atoms with Gasteiger partial charge in [-0.3, -0.25) is 4.68 Å². The van der Waals surface area contributed by atoms with E-state index < -0.39 is 6.10 Å². The van der Waals surface area contributed by atoms with Gasteiger partial charge >= 0.3 is 0 Å². The quantitative estimate of drug-likeness (QED) is 0.795. The number of hydrogen-bond acceptors (Lipinski definition) is 3. The molecule has 102 valence electrons. The highest BCUT2D eigenvalue weighted by atomic mass is 35.5. The van der Waals surface area contributed by atoms with Crippen molar-refractivity contribution in [1.29, 1.82) is 0 Å². The molecule has 1 aliphatic rings. The van der Waals surface area contributed by atoms with Crippen molar-refractivity contribution in [1.82, 2.24) is 15.1 Å². The molecule has 1 unspecified atom stereocenters. The van der Waals surface area contributed by atoms with E-state index in [1.54, 1.807) is 0 Å². The van der Waals surface area contributed by atoms with E-state index in [2.05, 4.69) is 10.4 Å². The zero-order valence-electron chi connectivity index (χ0n) is 11.1. The number of rotatable bonds is 7. The molecule has 1 aromatic heterocycles. The fourth-order valence-electron chi connectivity index (χ4n) is 2.10. The van der Waals surface area contributed by atoms with Gasteiger partial charge in [0.15, 0.2) is 0 Å². The number of halogens is 1. The third kappa shape index (κ3) is 3.25. The Kier molecular flexibility index (Phi) is 4.65. The number of aliphatic hydroxyl groups excluding tert-OH is 1. The van der Waals surface area contributed by atoms with Crippen molar-refractivity contribution >= 4 is 11.6 Å². The molecule has 0 bridgehead atoms. The molecule has 1 saturated carbocycles. The summed E-state index contributed by atoms with van der Waals surface area (Å²) in [4.78, 5) is 0. The summed E-state index contributed by atoms with van der Waals surface area (Å²) < 4.78 is 1.90. The molecule has 2 rings (SSSR count). The Balaban J connectivity index is 1.99. The van der Waals surface area contributed by atoms with Crippen molar-refractivity contribution in [2.24, 2.45) is 0 Å². The lowest BCUT2D eigenvalue weighted by Gasteiger charge is -2.12. The van der Waals surface area contributed by atoms with E-state index in [4.69, 9.17) is 11.6 Å². The van der Waals surface area contributed by atoms with Crippen LogP contribution in [-0.4, -0.2) is 33.6 Å². The summed E-state index contributed by atoms with van der Waals surface area (Å²) in [7, 11) is 0. The van der Waals surface area contributed by atoms with Crippen LogP contribution < -0.4 is 5.32 Å². The first-order valence-electron chi connectivity index (χ1n) is 6.81. The van der Waals surface area contributed by atoms with Gasteiger partial charge in [-0.2, -0.15) is 5.10 Å². The van der Waals surface area contributed by atoms with Crippen molar-refractivity contribution < 1.29 is 5.11 Å². The maximum atomic E-state index is 10.0. The van der Waals surface area contributed by atoms with Crippen LogP contribution in [0, 0.1) is 0 Å². The van der Waals surface area contributed by atoms with Crippen molar-refractivity contribution in [3.05, 3.63) is 16.4 Å². The van der Waals surface area contributed by atoms with Crippen LogP contribution >= 0.6 is 11.6 Å². The van der Waals surface area contributed by atoms with Gasteiger partial charge in [0.2, 0.25) is 0 Å². The Morgan fingerprint density at radius 2 is 2.22 bits per heavy atom. The first-order chi connectivity index (χ1) is 8.65. The molecule has 1 heterocycles. The zero-order chi connectivity index (χ0) is 13.1. The maximum Gasteiger partial charge on any atom is 0.0850 e. The smallest absolute Gasteiger partial charge is 0.0850 e. The molecule has 0 radical (unpaired) electrons. The lowest BCUT2D eigenvalue weighted by atomic mass is 10.1. The van der Waals surface area contributed by atoms with Gasteiger partial charge in [0.05, 0.1) is 22.5 Å². The highest BCUT2D eigenvalue weighted by Gasteiger charge is 2.22. The number of nitrogens with zero attached hydrogens (tertiary/aromatic N) is 2. The molecular weight excluding hydrogens is 250 g/mol. The molecule has 1 aliphatic carbocycles. The van der Waals surface area contributed by atoms with E-state index in [0.717, 1.165) is 29.4 Å². The van der Waals surface area contributed by atoms with E-state index in [9.17, 15) is 5.11 Å². The first kappa shape index (κ1) is 13.8. The fraction of sp³-hybridized carbons (Fsp3) is 0.769. The molecule has 1 aromatic rings. The van der Waals surface area contributed by atoms with Crippen LogP contribution in [0.3, 0.4) is 0 Å². The van der Waals surface area contributed by atoms with Gasteiger partial charge in [-0.1, -0.05) is 18.5 Å². The topological polar surface area (TPSA) is 50.1 Å². The highest BCUT2D eigenvalue weighted by Crippen LogP contribution is 2.23. The molecule has 0 aromatic carbocycles. The summed E-state index contributed by atoms with van der Waals surface area (Å²) in [6.45, 7) is 5.51. The Morgan fingerprint density at radius 3 is 2.78 bits per heavy atom. The lowest BCUT2D eigenvalue weighted by Crippen LogP contribution is -2.30. The average molecular weight is 272 g/mol. The summed E-state index contributed by atoms with van der Waals surface area (Å²) in [6, 6.07) is 0.623. The van der Waals surface area contributed by atoms with Crippen molar-refractivity contribution in [2.45, 2.75) is 58.2 Å². The summed E-state index contributed by atoms with van der Waals surface area (Å²) in [6.07, 6.45) is 3.48. The SMILES string of the molecule is CCc1nn(CC)c(CC(O)CNC2CC2)c1Cl. The number of aliphatic hydroxyl groups is 1. The number of aromatic nitrogens is 2. The minimum atomic E-state index is -0.394. The number of hydrogen-bond donors (Lipinski definition) is 2. The molecule has 4 nitrogen and oxygen atoms in total. The molecule has 2 N–H and O–H groups in total. The van der Waals surface area contributed by atoms with E-state index in [1.807, 2.05) is 18.5 Å². The second-order valence-corrected chi connectivity index (χ2v) is 5.30. The molecule has 0 aliphatic heterocycles. The molecular formula is C13H22ClN3O.